The van der Waals surface area contributed by atoms with Crippen molar-refractivity contribution in [3.63, 3.8) is 0 Å². The van der Waals surface area contributed by atoms with Crippen molar-refractivity contribution in [3.8, 4) is 10.6 Å². The summed E-state index contributed by atoms with van der Waals surface area (Å²) >= 11 is 1.46. The van der Waals surface area contributed by atoms with Gasteiger partial charge in [-0.3, -0.25) is 14.6 Å². The van der Waals surface area contributed by atoms with E-state index in [0.717, 1.165) is 35.0 Å². The molecule has 0 bridgehead atoms. The number of aromatic nitrogens is 6. The Labute approximate surface area is 203 Å². The van der Waals surface area contributed by atoms with E-state index >= 15 is 0 Å². The van der Waals surface area contributed by atoms with Gasteiger partial charge in [0.25, 0.3) is 11.5 Å². The summed E-state index contributed by atoms with van der Waals surface area (Å²) in [6, 6.07) is 1.68. The molecule has 0 radical (unpaired) electrons. The summed E-state index contributed by atoms with van der Waals surface area (Å²) in [6.45, 7) is 3.73. The normalized spacial score (nSPS) is 17.3. The van der Waals surface area contributed by atoms with Gasteiger partial charge in [0.05, 0.1) is 28.0 Å². The first kappa shape index (κ1) is 20.8. The Morgan fingerprint density at radius 3 is 2.89 bits per heavy atom. The molecule has 1 saturated heterocycles. The number of carbonyl (C=O) groups excluding carboxylic acids is 1. The van der Waals surface area contributed by atoms with Crippen molar-refractivity contribution < 1.29 is 4.79 Å². The molecule has 2 aliphatic rings. The van der Waals surface area contributed by atoms with Crippen molar-refractivity contribution in [1.29, 1.82) is 0 Å². The molecule has 1 aliphatic carbocycles. The standard InChI is InChI=1S/C24H24N8O2S/c1-30-10-16(27-13-30)17-11-32-23(35-17)18-20(29-32)19-15(28-22(18)34)8-14(9-26-19)21(33)25-5-7-31-6-4-24(12-31)2-3-24/h8-11,13H,2-7,12H2,1H3,(H,25,33)(H,28,34). The molecule has 5 aromatic rings. The number of imidazole rings is 1. The number of H-pyrrole nitrogens is 1. The third-order valence-electron chi connectivity index (χ3n) is 7.31. The van der Waals surface area contributed by atoms with Gasteiger partial charge in [-0.2, -0.15) is 5.10 Å². The predicted molar refractivity (Wildman–Crippen MR) is 134 cm³/mol. The number of thiazole rings is 1. The SMILES string of the molecule is Cn1cnc(-c2cn3nc4c5ncc(C(=O)NCCN6CCC7(CC7)C6)cc5[nH]c(=O)c4c3s2)c1. The molecule has 2 N–H and O–H groups in total. The number of hydrogen-bond acceptors (Lipinski definition) is 7. The molecule has 178 valence electrons. The minimum atomic E-state index is -0.251. The fourth-order valence-electron chi connectivity index (χ4n) is 5.17. The van der Waals surface area contributed by atoms with Gasteiger partial charge in [0, 0.05) is 45.3 Å². The molecule has 0 unspecified atom stereocenters. The van der Waals surface area contributed by atoms with Crippen LogP contribution in [0.25, 0.3) is 37.3 Å². The van der Waals surface area contributed by atoms with Gasteiger partial charge in [0.15, 0.2) is 0 Å². The highest BCUT2D eigenvalue weighted by Gasteiger charge is 2.47. The zero-order valence-electron chi connectivity index (χ0n) is 19.2. The van der Waals surface area contributed by atoms with Gasteiger partial charge in [-0.1, -0.05) is 0 Å². The number of rotatable bonds is 5. The van der Waals surface area contributed by atoms with Gasteiger partial charge in [0.2, 0.25) is 0 Å². The summed E-state index contributed by atoms with van der Waals surface area (Å²) in [4.78, 5) is 41.7. The van der Waals surface area contributed by atoms with Gasteiger partial charge in [0.1, 0.15) is 21.3 Å². The van der Waals surface area contributed by atoms with E-state index in [2.05, 4.69) is 30.3 Å². The van der Waals surface area contributed by atoms with Crippen molar-refractivity contribution in [2.24, 2.45) is 12.5 Å². The Morgan fingerprint density at radius 2 is 2.11 bits per heavy atom. The van der Waals surface area contributed by atoms with E-state index in [1.54, 1.807) is 23.1 Å². The van der Waals surface area contributed by atoms with Crippen LogP contribution in [0, 0.1) is 5.41 Å². The first-order valence-electron chi connectivity index (χ1n) is 11.8. The molecular weight excluding hydrogens is 464 g/mol. The quantitative estimate of drug-likeness (QED) is 0.393. The summed E-state index contributed by atoms with van der Waals surface area (Å²) in [7, 11) is 1.91. The molecule has 7 rings (SSSR count). The first-order valence-corrected chi connectivity index (χ1v) is 12.6. The van der Waals surface area contributed by atoms with E-state index in [9.17, 15) is 9.59 Å². The van der Waals surface area contributed by atoms with Crippen LogP contribution in [0.15, 0.2) is 35.8 Å². The Kier molecular flexibility index (Phi) is 4.43. The molecule has 0 aromatic carbocycles. The minimum absolute atomic E-state index is 0.188. The molecular formula is C24H24N8O2S. The van der Waals surface area contributed by atoms with Crippen LogP contribution in [0.4, 0.5) is 0 Å². The second-order valence-electron chi connectivity index (χ2n) is 9.85. The molecule has 10 nitrogen and oxygen atoms in total. The Bertz CT molecular complexity index is 1690. The maximum Gasteiger partial charge on any atom is 0.261 e. The van der Waals surface area contributed by atoms with Gasteiger partial charge in [-0.15, -0.1) is 11.3 Å². The van der Waals surface area contributed by atoms with Crippen molar-refractivity contribution in [2.75, 3.05) is 26.2 Å². The molecule has 1 spiro atoms. The lowest BCUT2D eigenvalue weighted by Gasteiger charge is -2.16. The molecule has 35 heavy (non-hydrogen) atoms. The molecule has 0 atom stereocenters. The summed E-state index contributed by atoms with van der Waals surface area (Å²) in [5.41, 5.74) is 3.19. The lowest BCUT2D eigenvalue weighted by atomic mass is 10.1. The zero-order chi connectivity index (χ0) is 23.7. The Hall–Kier alpha value is -3.57. The van der Waals surface area contributed by atoms with Crippen molar-refractivity contribution >= 4 is 44.0 Å². The summed E-state index contributed by atoms with van der Waals surface area (Å²) in [5.74, 6) is -0.188. The molecule has 11 heteroatoms. The summed E-state index contributed by atoms with van der Waals surface area (Å²) in [6.07, 6.45) is 11.1. The number of carbonyl (C=O) groups is 1. The van der Waals surface area contributed by atoms with Crippen molar-refractivity contribution in [2.45, 2.75) is 19.3 Å². The molecule has 2 fully saturated rings. The number of aryl methyl sites for hydroxylation is 1. The van der Waals surface area contributed by atoms with Gasteiger partial charge < -0.3 is 19.8 Å². The highest BCUT2D eigenvalue weighted by atomic mass is 32.1. The van der Waals surface area contributed by atoms with Crippen LogP contribution >= 0.6 is 11.3 Å². The maximum atomic E-state index is 13.0. The van der Waals surface area contributed by atoms with Crippen LogP contribution in [0.1, 0.15) is 29.6 Å². The molecule has 6 heterocycles. The van der Waals surface area contributed by atoms with Crippen LogP contribution in [0.5, 0.6) is 0 Å². The highest BCUT2D eigenvalue weighted by Crippen LogP contribution is 2.52. The maximum absolute atomic E-state index is 13.0. The highest BCUT2D eigenvalue weighted by molar-refractivity contribution is 7.21. The number of nitrogens with zero attached hydrogens (tertiary/aromatic N) is 6. The predicted octanol–water partition coefficient (Wildman–Crippen LogP) is 2.40. The Morgan fingerprint density at radius 1 is 1.23 bits per heavy atom. The number of fused-ring (bicyclic) bond motifs is 5. The van der Waals surface area contributed by atoms with Crippen LogP contribution in [-0.2, 0) is 7.05 Å². The number of pyridine rings is 2. The van der Waals surface area contributed by atoms with Crippen LogP contribution in [0.2, 0.25) is 0 Å². The van der Waals surface area contributed by atoms with Crippen LogP contribution in [0.3, 0.4) is 0 Å². The first-order chi connectivity index (χ1) is 17.0. The molecule has 1 aliphatic heterocycles. The van der Waals surface area contributed by atoms with E-state index < -0.39 is 0 Å². The van der Waals surface area contributed by atoms with E-state index in [0.29, 0.717) is 39.5 Å². The fraction of sp³-hybridized carbons (Fsp3) is 0.375. The second-order valence-corrected chi connectivity index (χ2v) is 10.9. The number of aromatic amines is 1. The zero-order valence-corrected chi connectivity index (χ0v) is 20.1. The average Bonchev–Trinajstić information content (AvgIpc) is 3.21. The lowest BCUT2D eigenvalue weighted by molar-refractivity contribution is 0.0949. The lowest BCUT2D eigenvalue weighted by Crippen LogP contribution is -2.34. The number of amides is 1. The summed E-state index contributed by atoms with van der Waals surface area (Å²) in [5, 5.41) is 8.13. The van der Waals surface area contributed by atoms with Gasteiger partial charge >= 0.3 is 0 Å². The van der Waals surface area contributed by atoms with Gasteiger partial charge in [-0.25, -0.2) is 9.50 Å². The molecule has 1 amide bonds. The van der Waals surface area contributed by atoms with Crippen molar-refractivity contribution in [1.82, 2.24) is 39.3 Å². The second kappa shape index (κ2) is 7.46. The molecule has 1 saturated carbocycles. The van der Waals surface area contributed by atoms with E-state index in [-0.39, 0.29) is 11.5 Å². The fourth-order valence-corrected chi connectivity index (χ4v) is 6.21. The van der Waals surface area contributed by atoms with E-state index in [1.807, 2.05) is 24.0 Å². The van der Waals surface area contributed by atoms with E-state index in [1.165, 1.54) is 30.6 Å². The number of nitrogens with one attached hydrogen (secondary N) is 2. The number of likely N-dealkylation sites (tertiary alicyclic amines) is 1. The van der Waals surface area contributed by atoms with E-state index in [4.69, 9.17) is 0 Å². The topological polar surface area (TPSA) is 113 Å². The van der Waals surface area contributed by atoms with Gasteiger partial charge in [-0.05, 0) is 37.3 Å². The largest absolute Gasteiger partial charge is 0.351 e. The number of hydrogen-bond donors (Lipinski definition) is 2. The third-order valence-corrected chi connectivity index (χ3v) is 8.43. The van der Waals surface area contributed by atoms with Crippen LogP contribution < -0.4 is 10.9 Å². The van der Waals surface area contributed by atoms with Crippen LogP contribution in [-0.4, -0.2) is 66.1 Å². The smallest absolute Gasteiger partial charge is 0.261 e. The third kappa shape index (κ3) is 3.45. The van der Waals surface area contributed by atoms with Crippen molar-refractivity contribution in [3.05, 3.63) is 46.9 Å². The average molecular weight is 489 g/mol. The minimum Gasteiger partial charge on any atom is -0.351 e. The monoisotopic (exact) mass is 488 g/mol. The molecule has 5 aromatic heterocycles. The Balaban J connectivity index is 1.15. The summed E-state index contributed by atoms with van der Waals surface area (Å²) < 4.78 is 3.59.